The zero-order chi connectivity index (χ0) is 14.0. The van der Waals surface area contributed by atoms with Crippen molar-refractivity contribution in [3.8, 4) is 0 Å². The van der Waals surface area contributed by atoms with E-state index >= 15 is 0 Å². The van der Waals surface area contributed by atoms with Gasteiger partial charge in [-0.2, -0.15) is 5.10 Å². The summed E-state index contributed by atoms with van der Waals surface area (Å²) in [5.41, 5.74) is 5.30. The Hall–Kier alpha value is -2.05. The number of anilines is 1. The Morgan fingerprint density at radius 2 is 2.16 bits per heavy atom. The van der Waals surface area contributed by atoms with Gasteiger partial charge in [-0.15, -0.1) is 0 Å². The van der Waals surface area contributed by atoms with E-state index in [9.17, 15) is 14.7 Å². The Kier molecular flexibility index (Phi) is 3.46. The zero-order valence-electron chi connectivity index (χ0n) is 10.8. The Morgan fingerprint density at radius 3 is 2.63 bits per heavy atom. The summed E-state index contributed by atoms with van der Waals surface area (Å²) in [6, 6.07) is 1.66. The average molecular weight is 266 g/mol. The molecule has 1 heterocycles. The molecule has 7 nitrogen and oxygen atoms in total. The lowest BCUT2D eigenvalue weighted by molar-refractivity contribution is -0.147. The number of carboxylic acids is 1. The molecule has 1 saturated carbocycles. The van der Waals surface area contributed by atoms with Crippen molar-refractivity contribution in [3.63, 3.8) is 0 Å². The fraction of sp³-hybridized carbons (Fsp3) is 0.583. The summed E-state index contributed by atoms with van der Waals surface area (Å²) >= 11 is 0. The number of hydrogen-bond acceptors (Lipinski definition) is 4. The molecule has 0 spiro atoms. The summed E-state index contributed by atoms with van der Waals surface area (Å²) < 4.78 is 1.37. The predicted molar refractivity (Wildman–Crippen MR) is 68.4 cm³/mol. The van der Waals surface area contributed by atoms with Crippen LogP contribution < -0.4 is 11.1 Å². The molecule has 19 heavy (non-hydrogen) atoms. The van der Waals surface area contributed by atoms with Crippen molar-refractivity contribution in [1.82, 2.24) is 15.1 Å². The van der Waals surface area contributed by atoms with E-state index in [1.807, 2.05) is 0 Å². The molecule has 0 atom stereocenters. The number of hydrogen-bond donors (Lipinski definition) is 3. The van der Waals surface area contributed by atoms with Crippen LogP contribution in [0.3, 0.4) is 0 Å². The third-order valence-electron chi connectivity index (χ3n) is 3.47. The summed E-state index contributed by atoms with van der Waals surface area (Å²) in [6.07, 6.45) is 2.58. The molecule has 1 aromatic rings. The molecular weight excluding hydrogens is 248 g/mol. The van der Waals surface area contributed by atoms with Gasteiger partial charge < -0.3 is 16.2 Å². The van der Waals surface area contributed by atoms with Gasteiger partial charge in [0.05, 0.1) is 5.69 Å². The van der Waals surface area contributed by atoms with Gasteiger partial charge >= 0.3 is 5.97 Å². The van der Waals surface area contributed by atoms with Crippen LogP contribution in [-0.2, 0) is 16.1 Å². The average Bonchev–Trinajstić information content (AvgIpc) is 2.88. The number of nitrogen functional groups attached to an aromatic ring is 1. The van der Waals surface area contributed by atoms with Gasteiger partial charge in [-0.1, -0.05) is 12.8 Å². The second-order valence-electron chi connectivity index (χ2n) is 5.01. The molecule has 1 fully saturated rings. The minimum absolute atomic E-state index is 0.0608. The molecule has 0 unspecified atom stereocenters. The topological polar surface area (TPSA) is 110 Å². The van der Waals surface area contributed by atoms with Crippen molar-refractivity contribution >= 4 is 17.7 Å². The number of carbonyl (C=O) groups is 2. The number of aromatic nitrogens is 2. The van der Waals surface area contributed by atoms with E-state index in [0.717, 1.165) is 18.5 Å². The van der Waals surface area contributed by atoms with Crippen molar-refractivity contribution < 1.29 is 14.7 Å². The Bertz CT molecular complexity index is 503. The van der Waals surface area contributed by atoms with Crippen LogP contribution >= 0.6 is 0 Å². The first-order chi connectivity index (χ1) is 8.93. The molecule has 1 amide bonds. The van der Waals surface area contributed by atoms with Gasteiger partial charge in [0.25, 0.3) is 0 Å². The van der Waals surface area contributed by atoms with Crippen LogP contribution in [0.15, 0.2) is 6.07 Å². The quantitative estimate of drug-likeness (QED) is 0.725. The van der Waals surface area contributed by atoms with Gasteiger partial charge in [-0.05, 0) is 19.8 Å². The molecule has 0 aliphatic heterocycles. The van der Waals surface area contributed by atoms with Crippen molar-refractivity contribution in [2.75, 3.05) is 5.73 Å². The number of rotatable bonds is 4. The first kappa shape index (κ1) is 13.4. The van der Waals surface area contributed by atoms with E-state index in [2.05, 4.69) is 10.4 Å². The molecule has 0 aromatic carbocycles. The van der Waals surface area contributed by atoms with E-state index < -0.39 is 11.5 Å². The van der Waals surface area contributed by atoms with Gasteiger partial charge in [-0.25, -0.2) is 9.48 Å². The van der Waals surface area contributed by atoms with Crippen LogP contribution in [0.4, 0.5) is 5.82 Å². The third-order valence-corrected chi connectivity index (χ3v) is 3.47. The highest BCUT2D eigenvalue weighted by Gasteiger charge is 2.42. The van der Waals surface area contributed by atoms with E-state index in [1.165, 1.54) is 4.68 Å². The van der Waals surface area contributed by atoms with E-state index in [-0.39, 0.29) is 12.5 Å². The van der Waals surface area contributed by atoms with Crippen molar-refractivity contribution in [2.45, 2.75) is 44.7 Å². The highest BCUT2D eigenvalue weighted by atomic mass is 16.4. The van der Waals surface area contributed by atoms with Crippen LogP contribution in [0, 0.1) is 6.92 Å². The van der Waals surface area contributed by atoms with Crippen LogP contribution in [0.2, 0.25) is 0 Å². The van der Waals surface area contributed by atoms with Crippen LogP contribution in [0.1, 0.15) is 31.4 Å². The largest absolute Gasteiger partial charge is 0.480 e. The number of carbonyl (C=O) groups excluding carboxylic acids is 1. The third kappa shape index (κ3) is 2.69. The summed E-state index contributed by atoms with van der Waals surface area (Å²) in [5.74, 6) is -0.953. The second kappa shape index (κ2) is 4.91. The van der Waals surface area contributed by atoms with E-state index in [4.69, 9.17) is 5.73 Å². The summed E-state index contributed by atoms with van der Waals surface area (Å²) in [6.45, 7) is 1.72. The Morgan fingerprint density at radius 1 is 1.53 bits per heavy atom. The minimum atomic E-state index is -1.12. The van der Waals surface area contributed by atoms with Crippen LogP contribution in [0.5, 0.6) is 0 Å². The lowest BCUT2D eigenvalue weighted by Crippen LogP contribution is -2.53. The molecular formula is C12H18N4O3. The highest BCUT2D eigenvalue weighted by molar-refractivity contribution is 5.87. The monoisotopic (exact) mass is 266 g/mol. The number of carboxylic acid groups (broad SMARTS) is 1. The summed E-state index contributed by atoms with van der Waals surface area (Å²) in [5, 5.41) is 16.0. The number of nitrogens with one attached hydrogen (secondary N) is 1. The number of nitrogens with two attached hydrogens (primary N) is 1. The molecule has 104 valence electrons. The first-order valence-corrected chi connectivity index (χ1v) is 6.27. The minimum Gasteiger partial charge on any atom is -0.480 e. The highest BCUT2D eigenvalue weighted by Crippen LogP contribution is 2.29. The van der Waals surface area contributed by atoms with Gasteiger partial charge in [0, 0.05) is 6.07 Å². The SMILES string of the molecule is Cc1cc(N)n(CC(=O)NC2(C(=O)O)CCCC2)n1. The Balaban J connectivity index is 2.04. The van der Waals surface area contributed by atoms with Crippen molar-refractivity contribution in [3.05, 3.63) is 11.8 Å². The number of aliphatic carboxylic acids is 1. The molecule has 0 saturated heterocycles. The molecule has 0 bridgehead atoms. The molecule has 7 heteroatoms. The van der Waals surface area contributed by atoms with E-state index in [0.29, 0.717) is 18.7 Å². The first-order valence-electron chi connectivity index (χ1n) is 6.27. The molecule has 2 rings (SSSR count). The van der Waals surface area contributed by atoms with Crippen LogP contribution in [-0.4, -0.2) is 32.3 Å². The maximum absolute atomic E-state index is 11.9. The summed E-state index contributed by atoms with van der Waals surface area (Å²) in [4.78, 5) is 23.3. The van der Waals surface area contributed by atoms with Gasteiger partial charge in [0.1, 0.15) is 17.9 Å². The van der Waals surface area contributed by atoms with Gasteiger partial charge in [0.2, 0.25) is 5.91 Å². The normalized spacial score (nSPS) is 17.3. The van der Waals surface area contributed by atoms with Crippen molar-refractivity contribution in [1.29, 1.82) is 0 Å². The second-order valence-corrected chi connectivity index (χ2v) is 5.01. The molecule has 0 radical (unpaired) electrons. The summed E-state index contributed by atoms with van der Waals surface area (Å²) in [7, 11) is 0. The Labute approximate surface area is 110 Å². The fourth-order valence-corrected chi connectivity index (χ4v) is 2.51. The number of nitrogens with zero attached hydrogens (tertiary/aromatic N) is 2. The lowest BCUT2D eigenvalue weighted by Gasteiger charge is -2.25. The van der Waals surface area contributed by atoms with E-state index in [1.54, 1.807) is 13.0 Å². The maximum atomic E-state index is 11.9. The zero-order valence-corrected chi connectivity index (χ0v) is 10.8. The smallest absolute Gasteiger partial charge is 0.329 e. The predicted octanol–water partition coefficient (Wildman–Crippen LogP) is 0.287. The number of aryl methyl sites for hydroxylation is 1. The molecule has 1 aliphatic carbocycles. The van der Waals surface area contributed by atoms with Crippen molar-refractivity contribution in [2.24, 2.45) is 0 Å². The lowest BCUT2D eigenvalue weighted by atomic mass is 9.98. The molecule has 4 N–H and O–H groups in total. The molecule has 1 aromatic heterocycles. The molecule has 1 aliphatic rings. The number of amides is 1. The van der Waals surface area contributed by atoms with Gasteiger partial charge in [-0.3, -0.25) is 4.79 Å². The standard InChI is InChI=1S/C12H18N4O3/c1-8-6-9(13)16(15-8)7-10(17)14-12(11(18)19)4-2-3-5-12/h6H,2-5,7,13H2,1H3,(H,14,17)(H,18,19). The fourth-order valence-electron chi connectivity index (χ4n) is 2.51. The van der Waals surface area contributed by atoms with Gasteiger partial charge in [0.15, 0.2) is 0 Å². The maximum Gasteiger partial charge on any atom is 0.329 e. The van der Waals surface area contributed by atoms with Crippen LogP contribution in [0.25, 0.3) is 0 Å².